The first-order valence-corrected chi connectivity index (χ1v) is 10.1. The maximum atomic E-state index is 12.4. The van der Waals surface area contributed by atoms with Crippen LogP contribution in [0.1, 0.15) is 29.1 Å². The second-order valence-electron chi connectivity index (χ2n) is 6.67. The fraction of sp³-hybridized carbons (Fsp3) is 0.300. The molecule has 1 aromatic carbocycles. The molecular weight excluding hydrogens is 390 g/mol. The number of amides is 2. The number of rotatable bonds is 9. The summed E-state index contributed by atoms with van der Waals surface area (Å²) >= 11 is 1.28. The Morgan fingerprint density at radius 2 is 2.03 bits per heavy atom. The molecule has 3 rings (SSSR count). The third kappa shape index (κ3) is 5.71. The van der Waals surface area contributed by atoms with Crippen LogP contribution in [-0.2, 0) is 22.6 Å². The molecule has 3 aromatic rings. The minimum Gasteiger partial charge on any atom is -0.467 e. The van der Waals surface area contributed by atoms with Gasteiger partial charge < -0.3 is 15.5 Å². The minimum absolute atomic E-state index is 0.135. The normalized spacial score (nSPS) is 10.8. The Balaban J connectivity index is 1.67. The number of aryl methyl sites for hydroxylation is 3. The molecule has 0 aliphatic heterocycles. The van der Waals surface area contributed by atoms with Gasteiger partial charge in [-0.05, 0) is 49.2 Å². The van der Waals surface area contributed by atoms with E-state index in [9.17, 15) is 9.59 Å². The summed E-state index contributed by atoms with van der Waals surface area (Å²) in [6.07, 6.45) is 2.14. The van der Waals surface area contributed by atoms with Crippen molar-refractivity contribution in [1.82, 2.24) is 14.8 Å². The van der Waals surface area contributed by atoms with Gasteiger partial charge in [-0.3, -0.25) is 14.2 Å². The van der Waals surface area contributed by atoms with Crippen molar-refractivity contribution in [2.75, 3.05) is 11.1 Å². The summed E-state index contributed by atoms with van der Waals surface area (Å²) in [6, 6.07) is 9.44. The van der Waals surface area contributed by atoms with E-state index in [1.165, 1.54) is 17.3 Å². The molecule has 2 aromatic heterocycles. The van der Waals surface area contributed by atoms with E-state index < -0.39 is 5.91 Å². The van der Waals surface area contributed by atoms with Crippen molar-refractivity contribution >= 4 is 29.3 Å². The summed E-state index contributed by atoms with van der Waals surface area (Å²) in [4.78, 5) is 23.5. The van der Waals surface area contributed by atoms with E-state index in [2.05, 4.69) is 15.5 Å². The van der Waals surface area contributed by atoms with Crippen LogP contribution in [0.3, 0.4) is 0 Å². The number of hydrogen-bond acceptors (Lipinski definition) is 6. The Bertz CT molecular complexity index is 998. The highest BCUT2D eigenvalue weighted by Gasteiger charge is 2.16. The van der Waals surface area contributed by atoms with Crippen molar-refractivity contribution in [2.24, 2.45) is 5.73 Å². The number of anilines is 1. The van der Waals surface area contributed by atoms with E-state index in [1.807, 2.05) is 42.7 Å². The zero-order valence-electron chi connectivity index (χ0n) is 16.3. The van der Waals surface area contributed by atoms with Gasteiger partial charge in [-0.1, -0.05) is 17.8 Å². The lowest BCUT2D eigenvalue weighted by atomic mass is 10.1. The molecule has 0 bridgehead atoms. The largest absolute Gasteiger partial charge is 0.467 e. The van der Waals surface area contributed by atoms with Crippen LogP contribution >= 0.6 is 11.8 Å². The lowest BCUT2D eigenvalue weighted by Crippen LogP contribution is -2.16. The number of nitrogens with zero attached hydrogens (tertiary/aromatic N) is 3. The summed E-state index contributed by atoms with van der Waals surface area (Å²) in [5.74, 6) is 0.992. The summed E-state index contributed by atoms with van der Waals surface area (Å²) in [7, 11) is 0. The average molecular weight is 414 g/mol. The molecule has 8 nitrogen and oxygen atoms in total. The van der Waals surface area contributed by atoms with Crippen LogP contribution in [0.15, 0.2) is 46.2 Å². The highest BCUT2D eigenvalue weighted by atomic mass is 32.2. The van der Waals surface area contributed by atoms with Crippen molar-refractivity contribution < 1.29 is 14.0 Å². The van der Waals surface area contributed by atoms with Crippen LogP contribution in [0.5, 0.6) is 0 Å². The first-order valence-electron chi connectivity index (χ1n) is 9.15. The number of carbonyl (C=O) groups excluding carboxylic acids is 2. The SMILES string of the molecule is Cc1ccc(NC(=O)CSc2nnc(CCC(N)=O)n2Cc2ccco2)cc1C. The van der Waals surface area contributed by atoms with Gasteiger partial charge >= 0.3 is 0 Å². The molecule has 2 heterocycles. The van der Waals surface area contributed by atoms with Crippen molar-refractivity contribution in [3.05, 3.63) is 59.3 Å². The first kappa shape index (κ1) is 20.7. The summed E-state index contributed by atoms with van der Waals surface area (Å²) < 4.78 is 7.25. The molecule has 2 amide bonds. The van der Waals surface area contributed by atoms with Gasteiger partial charge in [-0.15, -0.1) is 10.2 Å². The second-order valence-corrected chi connectivity index (χ2v) is 7.61. The smallest absolute Gasteiger partial charge is 0.234 e. The zero-order chi connectivity index (χ0) is 20.8. The average Bonchev–Trinajstić information content (AvgIpc) is 3.32. The quantitative estimate of drug-likeness (QED) is 0.521. The van der Waals surface area contributed by atoms with Crippen LogP contribution in [0.2, 0.25) is 0 Å². The van der Waals surface area contributed by atoms with E-state index in [-0.39, 0.29) is 18.1 Å². The fourth-order valence-corrected chi connectivity index (χ4v) is 3.47. The van der Waals surface area contributed by atoms with Gasteiger partial charge in [0.05, 0.1) is 18.6 Å². The number of nitrogens with two attached hydrogens (primary N) is 1. The highest BCUT2D eigenvalue weighted by Crippen LogP contribution is 2.21. The topological polar surface area (TPSA) is 116 Å². The Labute approximate surface area is 172 Å². The Hall–Kier alpha value is -3.07. The van der Waals surface area contributed by atoms with E-state index >= 15 is 0 Å². The third-order valence-electron chi connectivity index (χ3n) is 4.41. The molecular formula is C20H23N5O3S. The Morgan fingerprint density at radius 3 is 2.72 bits per heavy atom. The predicted molar refractivity (Wildman–Crippen MR) is 111 cm³/mol. The van der Waals surface area contributed by atoms with Gasteiger partial charge in [0.2, 0.25) is 11.8 Å². The van der Waals surface area contributed by atoms with Crippen molar-refractivity contribution in [2.45, 2.75) is 38.4 Å². The maximum Gasteiger partial charge on any atom is 0.234 e. The molecule has 0 aliphatic rings. The van der Waals surface area contributed by atoms with Crippen LogP contribution in [-0.4, -0.2) is 32.3 Å². The number of thioether (sulfide) groups is 1. The molecule has 0 saturated heterocycles. The number of hydrogen-bond donors (Lipinski definition) is 2. The summed E-state index contributed by atoms with van der Waals surface area (Å²) in [5, 5.41) is 11.8. The fourth-order valence-electron chi connectivity index (χ4n) is 2.71. The van der Waals surface area contributed by atoms with Crippen molar-refractivity contribution in [3.63, 3.8) is 0 Å². The molecule has 0 atom stereocenters. The number of furan rings is 1. The molecule has 0 fully saturated rings. The lowest BCUT2D eigenvalue weighted by molar-refractivity contribution is -0.118. The number of primary amides is 1. The first-order chi connectivity index (χ1) is 13.9. The molecule has 0 radical (unpaired) electrons. The van der Waals surface area contributed by atoms with Crippen LogP contribution in [0, 0.1) is 13.8 Å². The maximum absolute atomic E-state index is 12.4. The minimum atomic E-state index is -0.403. The molecule has 0 unspecified atom stereocenters. The standard InChI is InChI=1S/C20H23N5O3S/c1-13-5-6-15(10-14(13)2)22-19(27)12-29-20-24-23-18(8-7-17(21)26)25(20)11-16-4-3-9-28-16/h3-6,9-10H,7-8,11-12H2,1-2H3,(H2,21,26)(H,22,27). The molecule has 9 heteroatoms. The van der Waals surface area contributed by atoms with Crippen LogP contribution in [0.4, 0.5) is 5.69 Å². The van der Waals surface area contributed by atoms with E-state index in [0.29, 0.717) is 23.9 Å². The lowest BCUT2D eigenvalue weighted by Gasteiger charge is -2.09. The number of carbonyl (C=O) groups is 2. The van der Waals surface area contributed by atoms with Gasteiger partial charge in [-0.25, -0.2) is 0 Å². The highest BCUT2D eigenvalue weighted by molar-refractivity contribution is 7.99. The van der Waals surface area contributed by atoms with E-state index in [4.69, 9.17) is 10.2 Å². The van der Waals surface area contributed by atoms with Crippen LogP contribution in [0.25, 0.3) is 0 Å². The number of aromatic nitrogens is 3. The Morgan fingerprint density at radius 1 is 1.21 bits per heavy atom. The zero-order valence-corrected chi connectivity index (χ0v) is 17.2. The Kier molecular flexibility index (Phi) is 6.71. The van der Waals surface area contributed by atoms with E-state index in [0.717, 1.165) is 17.0 Å². The van der Waals surface area contributed by atoms with E-state index in [1.54, 1.807) is 12.3 Å². The molecule has 152 valence electrons. The third-order valence-corrected chi connectivity index (χ3v) is 5.37. The van der Waals surface area contributed by atoms with Gasteiger partial charge in [-0.2, -0.15) is 0 Å². The van der Waals surface area contributed by atoms with Gasteiger partial charge in [0.15, 0.2) is 5.16 Å². The number of nitrogens with one attached hydrogen (secondary N) is 1. The van der Waals surface area contributed by atoms with Crippen LogP contribution < -0.4 is 11.1 Å². The molecule has 0 aliphatic carbocycles. The molecule has 3 N–H and O–H groups in total. The summed E-state index contributed by atoms with van der Waals surface area (Å²) in [6.45, 7) is 4.44. The summed E-state index contributed by atoms with van der Waals surface area (Å²) in [5.41, 5.74) is 8.31. The number of benzene rings is 1. The second kappa shape index (κ2) is 9.42. The van der Waals surface area contributed by atoms with Gasteiger partial charge in [0.1, 0.15) is 11.6 Å². The molecule has 0 spiro atoms. The monoisotopic (exact) mass is 413 g/mol. The van der Waals surface area contributed by atoms with Crippen molar-refractivity contribution in [3.8, 4) is 0 Å². The van der Waals surface area contributed by atoms with Gasteiger partial charge in [0.25, 0.3) is 0 Å². The molecule has 0 saturated carbocycles. The van der Waals surface area contributed by atoms with Crippen molar-refractivity contribution in [1.29, 1.82) is 0 Å². The predicted octanol–water partition coefficient (Wildman–Crippen LogP) is 2.68. The molecule has 29 heavy (non-hydrogen) atoms. The van der Waals surface area contributed by atoms with Gasteiger partial charge in [0, 0.05) is 18.5 Å².